The Morgan fingerprint density at radius 1 is 0.949 bits per heavy atom. The second kappa shape index (κ2) is 12.3. The summed E-state index contributed by atoms with van der Waals surface area (Å²) >= 11 is 0. The highest BCUT2D eigenvalue weighted by Gasteiger charge is 2.28. The molecule has 2 N–H and O–H groups in total. The van der Waals surface area contributed by atoms with E-state index in [0.29, 0.717) is 30.0 Å². The number of aromatic nitrogens is 3. The Balaban J connectivity index is 1.05. The zero-order valence-electron chi connectivity index (χ0n) is 21.9. The molecule has 5 rings (SSSR count). The molecule has 5 heterocycles. The van der Waals surface area contributed by atoms with E-state index in [0.717, 1.165) is 70.3 Å². The smallest absolute Gasteiger partial charge is 0.249 e. The second-order valence-electron chi connectivity index (χ2n) is 10.4. The largest absolute Gasteiger partial charge is 0.355 e. The third kappa shape index (κ3) is 6.94. The highest BCUT2D eigenvalue weighted by Crippen LogP contribution is 2.23. The van der Waals surface area contributed by atoms with Crippen LogP contribution in [0.5, 0.6) is 0 Å². The highest BCUT2D eigenvalue weighted by molar-refractivity contribution is 6.01. The van der Waals surface area contributed by atoms with Crippen molar-refractivity contribution in [3.63, 3.8) is 0 Å². The van der Waals surface area contributed by atoms with E-state index in [2.05, 4.69) is 35.5 Å². The van der Waals surface area contributed by atoms with Gasteiger partial charge in [0, 0.05) is 52.2 Å². The summed E-state index contributed by atoms with van der Waals surface area (Å²) in [5.41, 5.74) is 1.00. The maximum atomic E-state index is 12.5. The van der Waals surface area contributed by atoms with Gasteiger partial charge in [0.1, 0.15) is 17.6 Å². The maximum absolute atomic E-state index is 12.5. The van der Waals surface area contributed by atoms with Crippen molar-refractivity contribution in [2.45, 2.75) is 38.1 Å². The molecule has 3 aliphatic rings. The van der Waals surface area contributed by atoms with E-state index in [1.807, 2.05) is 24.3 Å². The fourth-order valence-electron chi connectivity index (χ4n) is 5.42. The molecule has 3 aliphatic heterocycles. The molecule has 0 saturated carbocycles. The summed E-state index contributed by atoms with van der Waals surface area (Å²) in [5.74, 6) is 1.28. The van der Waals surface area contributed by atoms with Gasteiger partial charge < -0.3 is 15.1 Å². The minimum atomic E-state index is -0.678. The van der Waals surface area contributed by atoms with Gasteiger partial charge in [-0.05, 0) is 49.4 Å². The molecule has 3 fully saturated rings. The monoisotopic (exact) mass is 534 g/mol. The van der Waals surface area contributed by atoms with Crippen molar-refractivity contribution >= 4 is 35.6 Å². The Hall–Kier alpha value is -3.93. The van der Waals surface area contributed by atoms with E-state index >= 15 is 0 Å². The number of amides is 3. The predicted octanol–water partition coefficient (Wildman–Crippen LogP) is 0.187. The summed E-state index contributed by atoms with van der Waals surface area (Å²) in [7, 11) is 0. The molecule has 2 aromatic heterocycles. The number of rotatable bonds is 8. The van der Waals surface area contributed by atoms with Gasteiger partial charge in [-0.1, -0.05) is 6.07 Å². The van der Waals surface area contributed by atoms with E-state index < -0.39 is 11.9 Å². The fraction of sp³-hybridized carbons (Fsp3) is 0.519. The van der Waals surface area contributed by atoms with Crippen LogP contribution in [0.15, 0.2) is 30.3 Å². The van der Waals surface area contributed by atoms with Crippen molar-refractivity contribution in [2.75, 3.05) is 55.6 Å². The molecular weight excluding hydrogens is 500 g/mol. The molecule has 39 heavy (non-hydrogen) atoms. The summed E-state index contributed by atoms with van der Waals surface area (Å²) < 4.78 is 0. The van der Waals surface area contributed by atoms with E-state index in [1.54, 1.807) is 6.07 Å². The summed E-state index contributed by atoms with van der Waals surface area (Å²) in [5, 5.41) is 13.1. The average Bonchev–Trinajstić information content (AvgIpc) is 2.96. The van der Waals surface area contributed by atoms with E-state index in [9.17, 15) is 19.2 Å². The number of piperidine rings is 2. The van der Waals surface area contributed by atoms with Crippen molar-refractivity contribution in [3.05, 3.63) is 41.7 Å². The number of aldehydes is 1. The first-order valence-electron chi connectivity index (χ1n) is 13.6. The van der Waals surface area contributed by atoms with Gasteiger partial charge >= 0.3 is 0 Å². The molecule has 0 aliphatic carbocycles. The van der Waals surface area contributed by atoms with Crippen LogP contribution in [0.2, 0.25) is 0 Å². The SMILES string of the molecule is O=Cc1ccc(N2CCC(CN3CCN(c4cccc(CC(=O)NC5CCC(=O)NC5=O)n4)CC3)CC2)nn1. The Kier molecular flexibility index (Phi) is 8.40. The normalized spacial score (nSPS) is 21.0. The lowest BCUT2D eigenvalue weighted by molar-refractivity contribution is -0.137. The number of nitrogens with zero attached hydrogens (tertiary/aromatic N) is 6. The van der Waals surface area contributed by atoms with Crippen LogP contribution in [0.1, 0.15) is 41.9 Å². The minimum absolute atomic E-state index is 0.0804. The van der Waals surface area contributed by atoms with Crippen molar-refractivity contribution in [1.82, 2.24) is 30.7 Å². The lowest BCUT2D eigenvalue weighted by Gasteiger charge is -2.39. The Bertz CT molecular complexity index is 1190. The molecule has 0 bridgehead atoms. The number of nitrogens with one attached hydrogen (secondary N) is 2. The highest BCUT2D eigenvalue weighted by atomic mass is 16.2. The number of hydrogen-bond acceptors (Lipinski definition) is 10. The molecular formula is C27H34N8O4. The molecule has 1 atom stereocenters. The van der Waals surface area contributed by atoms with Gasteiger partial charge in [0.2, 0.25) is 17.7 Å². The van der Waals surface area contributed by atoms with Crippen LogP contribution in [0.3, 0.4) is 0 Å². The number of anilines is 2. The number of pyridine rings is 1. The van der Waals surface area contributed by atoms with Crippen molar-refractivity contribution in [1.29, 1.82) is 0 Å². The number of carbonyl (C=O) groups is 4. The number of imide groups is 1. The Morgan fingerprint density at radius 2 is 1.72 bits per heavy atom. The number of piperazine rings is 1. The van der Waals surface area contributed by atoms with Crippen LogP contribution in [0.4, 0.5) is 11.6 Å². The van der Waals surface area contributed by atoms with E-state index in [-0.39, 0.29) is 24.7 Å². The molecule has 2 aromatic rings. The molecule has 12 heteroatoms. The molecule has 12 nitrogen and oxygen atoms in total. The molecule has 0 spiro atoms. The van der Waals surface area contributed by atoms with Gasteiger partial charge in [-0.2, -0.15) is 0 Å². The van der Waals surface area contributed by atoms with Gasteiger partial charge in [0.25, 0.3) is 0 Å². The van der Waals surface area contributed by atoms with Crippen LogP contribution in [-0.2, 0) is 20.8 Å². The van der Waals surface area contributed by atoms with Crippen molar-refractivity contribution < 1.29 is 19.2 Å². The lowest BCUT2D eigenvalue weighted by Crippen LogP contribution is -2.52. The molecule has 3 saturated heterocycles. The molecule has 3 amide bonds. The first kappa shape index (κ1) is 26.7. The summed E-state index contributed by atoms with van der Waals surface area (Å²) in [4.78, 5) is 58.2. The standard InChI is InChI=1S/C27H34N8O4/c36-18-21-4-6-24(32-31-21)34-10-8-19(9-11-34)17-33-12-14-35(15-13-33)23-3-1-2-20(28-23)16-26(38)29-22-5-7-25(37)30-27(22)39/h1-4,6,18-19,22H,5,7-17H2,(H,29,38)(H,30,37,39). The van der Waals surface area contributed by atoms with Gasteiger partial charge in [0.15, 0.2) is 12.1 Å². The van der Waals surface area contributed by atoms with Crippen LogP contribution in [0.25, 0.3) is 0 Å². The summed E-state index contributed by atoms with van der Waals surface area (Å²) in [6, 6.07) is 8.60. The van der Waals surface area contributed by atoms with Crippen LogP contribution in [0, 0.1) is 5.92 Å². The zero-order chi connectivity index (χ0) is 27.2. The first-order chi connectivity index (χ1) is 19.0. The van der Waals surface area contributed by atoms with Gasteiger partial charge in [-0.15, -0.1) is 10.2 Å². The van der Waals surface area contributed by atoms with Gasteiger partial charge in [0.05, 0.1) is 12.1 Å². The third-order valence-corrected chi connectivity index (χ3v) is 7.65. The molecule has 0 aromatic carbocycles. The van der Waals surface area contributed by atoms with Crippen LogP contribution < -0.4 is 20.4 Å². The quantitative estimate of drug-likeness (QED) is 0.356. The Labute approximate surface area is 227 Å². The topological polar surface area (TPSA) is 141 Å². The minimum Gasteiger partial charge on any atom is -0.355 e. The number of carbonyl (C=O) groups excluding carboxylic acids is 4. The third-order valence-electron chi connectivity index (χ3n) is 7.65. The Morgan fingerprint density at radius 3 is 2.41 bits per heavy atom. The van der Waals surface area contributed by atoms with Crippen molar-refractivity contribution in [2.24, 2.45) is 5.92 Å². The summed E-state index contributed by atoms with van der Waals surface area (Å²) in [6.07, 6.45) is 3.53. The fourth-order valence-corrected chi connectivity index (χ4v) is 5.42. The van der Waals surface area contributed by atoms with Crippen molar-refractivity contribution in [3.8, 4) is 0 Å². The predicted molar refractivity (Wildman–Crippen MR) is 143 cm³/mol. The molecule has 0 radical (unpaired) electrons. The van der Waals surface area contributed by atoms with Crippen LogP contribution in [-0.4, -0.2) is 95.9 Å². The lowest BCUT2D eigenvalue weighted by atomic mass is 9.96. The van der Waals surface area contributed by atoms with Gasteiger partial charge in [-0.3, -0.25) is 29.4 Å². The van der Waals surface area contributed by atoms with E-state index in [4.69, 9.17) is 4.98 Å². The van der Waals surface area contributed by atoms with Crippen LogP contribution >= 0.6 is 0 Å². The summed E-state index contributed by atoms with van der Waals surface area (Å²) in [6.45, 7) is 6.61. The maximum Gasteiger partial charge on any atom is 0.249 e. The van der Waals surface area contributed by atoms with E-state index in [1.165, 1.54) is 0 Å². The first-order valence-corrected chi connectivity index (χ1v) is 13.6. The van der Waals surface area contributed by atoms with Gasteiger partial charge in [-0.25, -0.2) is 4.98 Å². The molecule has 206 valence electrons. The number of hydrogen-bond donors (Lipinski definition) is 2. The zero-order valence-corrected chi connectivity index (χ0v) is 21.9. The molecule has 1 unspecified atom stereocenters. The second-order valence-corrected chi connectivity index (χ2v) is 10.4. The average molecular weight is 535 g/mol.